The second-order valence-electron chi connectivity index (χ2n) is 6.19. The minimum absolute atomic E-state index is 0.00895. The van der Waals surface area contributed by atoms with E-state index in [1.54, 1.807) is 28.6 Å². The number of aromatic nitrogens is 3. The fraction of sp³-hybridized carbons (Fsp3) is 0.143. The molecule has 0 aliphatic rings. The van der Waals surface area contributed by atoms with Crippen LogP contribution < -0.4 is 4.90 Å². The van der Waals surface area contributed by atoms with Crippen LogP contribution in [0, 0.1) is 0 Å². The number of amides is 1. The molecule has 4 rings (SSSR count). The van der Waals surface area contributed by atoms with E-state index < -0.39 is 0 Å². The summed E-state index contributed by atoms with van der Waals surface area (Å²) in [6.07, 6.45) is 4.05. The Kier molecular flexibility index (Phi) is 5.53. The van der Waals surface area contributed by atoms with Crippen molar-refractivity contribution in [1.29, 1.82) is 0 Å². The molecule has 0 bridgehead atoms. The highest BCUT2D eigenvalue weighted by molar-refractivity contribution is 7.08. The third-order valence-electron chi connectivity index (χ3n) is 4.26. The van der Waals surface area contributed by atoms with Gasteiger partial charge in [-0.05, 0) is 29.1 Å². The number of anilines is 1. The van der Waals surface area contributed by atoms with Crippen LogP contribution in [0.15, 0.2) is 76.2 Å². The average Bonchev–Trinajstić information content (AvgIpc) is 3.43. The van der Waals surface area contributed by atoms with Crippen LogP contribution in [-0.2, 0) is 17.8 Å². The molecule has 3 heterocycles. The summed E-state index contributed by atoms with van der Waals surface area (Å²) in [6.45, 7) is 0.494. The van der Waals surface area contributed by atoms with Gasteiger partial charge in [-0.25, -0.2) is 0 Å². The van der Waals surface area contributed by atoms with Crippen LogP contribution in [-0.4, -0.2) is 21.0 Å². The Morgan fingerprint density at radius 3 is 2.64 bits per heavy atom. The first-order chi connectivity index (χ1) is 13.8. The van der Waals surface area contributed by atoms with Gasteiger partial charge in [0.15, 0.2) is 0 Å². The minimum Gasteiger partial charge on any atom is -0.339 e. The first-order valence-corrected chi connectivity index (χ1v) is 9.83. The molecule has 0 radical (unpaired) electrons. The zero-order valence-corrected chi connectivity index (χ0v) is 15.9. The van der Waals surface area contributed by atoms with Gasteiger partial charge in [-0.1, -0.05) is 35.5 Å². The number of carbonyl (C=O) groups excluding carboxylic acids is 1. The van der Waals surface area contributed by atoms with E-state index in [2.05, 4.69) is 15.1 Å². The molecule has 1 amide bonds. The highest BCUT2D eigenvalue weighted by Gasteiger charge is 2.18. The van der Waals surface area contributed by atoms with Gasteiger partial charge in [0.05, 0.1) is 6.54 Å². The van der Waals surface area contributed by atoms with Gasteiger partial charge in [0, 0.05) is 41.9 Å². The number of hydrogen-bond donors (Lipinski definition) is 0. The summed E-state index contributed by atoms with van der Waals surface area (Å²) >= 11 is 1.58. The monoisotopic (exact) mass is 390 g/mol. The Bertz CT molecular complexity index is 1020. The number of carbonyl (C=O) groups is 1. The summed E-state index contributed by atoms with van der Waals surface area (Å²) in [4.78, 5) is 23.2. The molecule has 0 unspecified atom stereocenters. The van der Waals surface area contributed by atoms with Gasteiger partial charge in [0.25, 0.3) is 0 Å². The first-order valence-electron chi connectivity index (χ1n) is 8.89. The molecule has 0 atom stereocenters. The summed E-state index contributed by atoms with van der Waals surface area (Å²) in [7, 11) is 0. The fourth-order valence-corrected chi connectivity index (χ4v) is 3.46. The highest BCUT2D eigenvalue weighted by atomic mass is 32.1. The lowest BCUT2D eigenvalue weighted by atomic mass is 10.1. The van der Waals surface area contributed by atoms with E-state index in [-0.39, 0.29) is 12.3 Å². The Balaban J connectivity index is 1.46. The largest absolute Gasteiger partial charge is 0.339 e. The molecular weight excluding hydrogens is 372 g/mol. The van der Waals surface area contributed by atoms with Crippen molar-refractivity contribution >= 4 is 22.9 Å². The maximum atomic E-state index is 13.0. The topological polar surface area (TPSA) is 72.1 Å². The van der Waals surface area contributed by atoms with Crippen LogP contribution >= 0.6 is 11.3 Å². The summed E-state index contributed by atoms with van der Waals surface area (Å²) in [6, 6.07) is 15.5. The summed E-state index contributed by atoms with van der Waals surface area (Å²) < 4.78 is 5.31. The Morgan fingerprint density at radius 2 is 1.89 bits per heavy atom. The van der Waals surface area contributed by atoms with Crippen LogP contribution in [0.5, 0.6) is 0 Å². The van der Waals surface area contributed by atoms with Crippen LogP contribution in [0.3, 0.4) is 0 Å². The van der Waals surface area contributed by atoms with Gasteiger partial charge in [0.1, 0.15) is 0 Å². The molecule has 4 aromatic rings. The molecule has 140 valence electrons. The molecular formula is C21H18N4O2S. The van der Waals surface area contributed by atoms with E-state index in [0.717, 1.165) is 16.8 Å². The van der Waals surface area contributed by atoms with Crippen molar-refractivity contribution in [2.75, 3.05) is 4.90 Å². The van der Waals surface area contributed by atoms with Crippen LogP contribution in [0.25, 0.3) is 11.4 Å². The predicted octanol–water partition coefficient (Wildman–Crippen LogP) is 4.36. The second kappa shape index (κ2) is 8.58. The lowest BCUT2D eigenvalue weighted by Crippen LogP contribution is -2.30. The number of rotatable bonds is 7. The summed E-state index contributed by atoms with van der Waals surface area (Å²) in [5, 5.41) is 7.92. The molecule has 0 saturated carbocycles. The van der Waals surface area contributed by atoms with E-state index >= 15 is 0 Å². The van der Waals surface area contributed by atoms with E-state index in [1.165, 1.54) is 0 Å². The molecule has 28 heavy (non-hydrogen) atoms. The lowest BCUT2D eigenvalue weighted by Gasteiger charge is -2.22. The average molecular weight is 390 g/mol. The Morgan fingerprint density at radius 1 is 1.07 bits per heavy atom. The van der Waals surface area contributed by atoms with Gasteiger partial charge < -0.3 is 9.42 Å². The number of benzene rings is 1. The molecule has 0 aliphatic heterocycles. The number of hydrogen-bond acceptors (Lipinski definition) is 6. The molecule has 0 N–H and O–H groups in total. The number of aryl methyl sites for hydroxylation is 1. The van der Waals surface area contributed by atoms with Crippen molar-refractivity contribution in [1.82, 2.24) is 15.1 Å². The predicted molar refractivity (Wildman–Crippen MR) is 108 cm³/mol. The van der Waals surface area contributed by atoms with Gasteiger partial charge in [-0.3, -0.25) is 9.78 Å². The lowest BCUT2D eigenvalue weighted by molar-refractivity contribution is -0.118. The maximum Gasteiger partial charge on any atom is 0.227 e. The first kappa shape index (κ1) is 18.1. The second-order valence-corrected chi connectivity index (χ2v) is 6.97. The third kappa shape index (κ3) is 4.32. The molecule has 6 nitrogen and oxygen atoms in total. The van der Waals surface area contributed by atoms with E-state index in [1.807, 2.05) is 59.3 Å². The number of thiophene rings is 1. The number of pyridine rings is 1. The summed E-state index contributed by atoms with van der Waals surface area (Å²) in [5.41, 5.74) is 2.80. The van der Waals surface area contributed by atoms with Crippen molar-refractivity contribution in [3.05, 3.63) is 83.1 Å². The van der Waals surface area contributed by atoms with Crippen LogP contribution in [0.4, 0.5) is 5.69 Å². The van der Waals surface area contributed by atoms with E-state index in [0.29, 0.717) is 24.7 Å². The zero-order chi connectivity index (χ0) is 19.2. The van der Waals surface area contributed by atoms with Crippen molar-refractivity contribution < 1.29 is 9.32 Å². The van der Waals surface area contributed by atoms with Crippen molar-refractivity contribution in [2.24, 2.45) is 0 Å². The van der Waals surface area contributed by atoms with Gasteiger partial charge in [0.2, 0.25) is 17.6 Å². The van der Waals surface area contributed by atoms with Crippen molar-refractivity contribution in [2.45, 2.75) is 19.4 Å². The molecule has 7 heteroatoms. The van der Waals surface area contributed by atoms with E-state index in [4.69, 9.17) is 4.52 Å². The number of nitrogens with zero attached hydrogens (tertiary/aromatic N) is 4. The smallest absolute Gasteiger partial charge is 0.227 e. The van der Waals surface area contributed by atoms with Crippen molar-refractivity contribution in [3.8, 4) is 11.4 Å². The molecule has 1 aromatic carbocycles. The maximum absolute atomic E-state index is 13.0. The highest BCUT2D eigenvalue weighted by Crippen LogP contribution is 2.21. The molecule has 0 fully saturated rings. The van der Waals surface area contributed by atoms with Gasteiger partial charge in [-0.2, -0.15) is 16.3 Å². The molecule has 0 saturated heterocycles. The molecule has 3 aromatic heterocycles. The van der Waals surface area contributed by atoms with Crippen LogP contribution in [0.2, 0.25) is 0 Å². The fourth-order valence-electron chi connectivity index (χ4n) is 2.83. The third-order valence-corrected chi connectivity index (χ3v) is 4.94. The molecule has 0 spiro atoms. The van der Waals surface area contributed by atoms with Crippen LogP contribution in [0.1, 0.15) is 17.9 Å². The van der Waals surface area contributed by atoms with Gasteiger partial charge >= 0.3 is 0 Å². The Hall–Kier alpha value is -3.32. The Labute approximate surface area is 166 Å². The zero-order valence-electron chi connectivity index (χ0n) is 15.1. The normalized spacial score (nSPS) is 10.7. The molecule has 0 aliphatic carbocycles. The minimum atomic E-state index is -0.00895. The SMILES string of the molecule is O=C(CCc1nc(-c2ccsc2)no1)N(Cc1ccccc1)c1ccncc1. The standard InChI is InChI=1S/C21H18N4O2S/c26-20(7-6-19-23-21(24-27-19)17-10-13-28-15-17)25(18-8-11-22-12-9-18)14-16-4-2-1-3-5-16/h1-5,8-13,15H,6-7,14H2. The quantitative estimate of drug-likeness (QED) is 0.469. The van der Waals surface area contributed by atoms with Crippen molar-refractivity contribution in [3.63, 3.8) is 0 Å². The van der Waals surface area contributed by atoms with E-state index in [9.17, 15) is 4.79 Å². The van der Waals surface area contributed by atoms with Gasteiger partial charge in [-0.15, -0.1) is 0 Å². The summed E-state index contributed by atoms with van der Waals surface area (Å²) in [5.74, 6) is 1.01.